The van der Waals surface area contributed by atoms with Crippen LogP contribution in [0.3, 0.4) is 0 Å². The highest BCUT2D eigenvalue weighted by molar-refractivity contribution is 7.87. The van der Waals surface area contributed by atoms with Gasteiger partial charge in [0, 0.05) is 12.1 Å². The van der Waals surface area contributed by atoms with Gasteiger partial charge in [-0.2, -0.15) is 13.5 Å². The van der Waals surface area contributed by atoms with Gasteiger partial charge in [0.2, 0.25) is 0 Å². The van der Waals surface area contributed by atoms with Crippen molar-refractivity contribution in [1.29, 1.82) is 0 Å². The van der Waals surface area contributed by atoms with E-state index in [1.807, 2.05) is 32.9 Å². The first-order valence-corrected chi connectivity index (χ1v) is 13.0. The summed E-state index contributed by atoms with van der Waals surface area (Å²) >= 11 is 0. The molecule has 3 aromatic carbocycles. The molecule has 0 saturated carbocycles. The standard InChI is InChI=1S/C27H28N4O5S/c1-6-31-19(4)29-22-15-21(10-11-23(22)31)27(32)30-28-16-20-9-12-24(25(14-20)35-5)36-37(33,34)26-13-17(2)7-8-18(26)3/h7-16H,6H2,1-5H3,(H,30,32)/b28-16-. The number of aryl methyl sites for hydroxylation is 4. The number of methoxy groups -OCH3 is 1. The summed E-state index contributed by atoms with van der Waals surface area (Å²) in [5, 5.41) is 4.02. The van der Waals surface area contributed by atoms with Gasteiger partial charge in [0.1, 0.15) is 10.7 Å². The van der Waals surface area contributed by atoms with E-state index < -0.39 is 10.1 Å². The number of hydrogen-bond donors (Lipinski definition) is 1. The predicted molar refractivity (Wildman–Crippen MR) is 142 cm³/mol. The van der Waals surface area contributed by atoms with Crippen LogP contribution in [0.2, 0.25) is 0 Å². The molecule has 0 bridgehead atoms. The Labute approximate surface area is 215 Å². The number of amides is 1. The summed E-state index contributed by atoms with van der Waals surface area (Å²) in [4.78, 5) is 17.2. The SMILES string of the molecule is CCn1c(C)nc2cc(C(=O)N/N=C\c3ccc(OS(=O)(=O)c4cc(C)ccc4C)c(OC)c3)ccc21. The molecule has 4 rings (SSSR count). The number of nitrogens with one attached hydrogen (secondary N) is 1. The number of rotatable bonds is 8. The lowest BCUT2D eigenvalue weighted by atomic mass is 10.2. The molecular formula is C27H28N4O5S. The molecule has 0 aliphatic carbocycles. The van der Waals surface area contributed by atoms with E-state index in [0.29, 0.717) is 16.7 Å². The third-order valence-corrected chi connectivity index (χ3v) is 7.27. The van der Waals surface area contributed by atoms with Gasteiger partial charge in [0.25, 0.3) is 5.91 Å². The molecule has 37 heavy (non-hydrogen) atoms. The molecule has 0 saturated heterocycles. The van der Waals surface area contributed by atoms with Crippen molar-refractivity contribution in [2.75, 3.05) is 7.11 Å². The average Bonchev–Trinajstić information content (AvgIpc) is 3.19. The number of benzene rings is 3. The molecule has 0 unspecified atom stereocenters. The first-order valence-electron chi connectivity index (χ1n) is 11.6. The van der Waals surface area contributed by atoms with Crippen LogP contribution >= 0.6 is 0 Å². The van der Waals surface area contributed by atoms with Crippen molar-refractivity contribution in [3.63, 3.8) is 0 Å². The number of carbonyl (C=O) groups excluding carboxylic acids is 1. The van der Waals surface area contributed by atoms with Crippen molar-refractivity contribution < 1.29 is 22.1 Å². The molecule has 0 fully saturated rings. The molecule has 192 valence electrons. The number of carbonyl (C=O) groups is 1. The molecular weight excluding hydrogens is 492 g/mol. The van der Waals surface area contributed by atoms with Gasteiger partial charge in [-0.3, -0.25) is 4.79 Å². The zero-order valence-corrected chi connectivity index (χ0v) is 22.1. The summed E-state index contributed by atoms with van der Waals surface area (Å²) in [6.45, 7) is 8.28. The maximum atomic E-state index is 12.9. The van der Waals surface area contributed by atoms with Crippen LogP contribution in [0, 0.1) is 20.8 Å². The number of nitrogens with zero attached hydrogens (tertiary/aromatic N) is 3. The van der Waals surface area contributed by atoms with Crippen LogP contribution in [0.1, 0.15) is 39.8 Å². The van der Waals surface area contributed by atoms with E-state index in [9.17, 15) is 13.2 Å². The Morgan fingerprint density at radius 1 is 1.05 bits per heavy atom. The van der Waals surface area contributed by atoms with Crippen LogP contribution in [0.4, 0.5) is 0 Å². The highest BCUT2D eigenvalue weighted by Gasteiger charge is 2.21. The number of ether oxygens (including phenoxy) is 1. The van der Waals surface area contributed by atoms with Crippen molar-refractivity contribution in [3.05, 3.63) is 82.7 Å². The van der Waals surface area contributed by atoms with Gasteiger partial charge in [-0.15, -0.1) is 0 Å². The summed E-state index contributed by atoms with van der Waals surface area (Å²) in [5.41, 5.74) is 6.60. The Hall–Kier alpha value is -4.18. The fraction of sp³-hybridized carbons (Fsp3) is 0.222. The predicted octanol–water partition coefficient (Wildman–Crippen LogP) is 4.52. The first kappa shape index (κ1) is 25.9. The first-order chi connectivity index (χ1) is 17.6. The molecule has 9 nitrogen and oxygen atoms in total. The maximum Gasteiger partial charge on any atom is 0.339 e. The summed E-state index contributed by atoms with van der Waals surface area (Å²) in [6, 6.07) is 15.1. The Balaban J connectivity index is 1.48. The van der Waals surface area contributed by atoms with E-state index in [-0.39, 0.29) is 22.3 Å². The fourth-order valence-electron chi connectivity index (χ4n) is 3.99. The third-order valence-electron chi connectivity index (χ3n) is 5.90. The summed E-state index contributed by atoms with van der Waals surface area (Å²) in [7, 11) is -2.66. The van der Waals surface area contributed by atoms with Crippen molar-refractivity contribution in [2.24, 2.45) is 5.10 Å². The molecule has 10 heteroatoms. The van der Waals surface area contributed by atoms with E-state index in [0.717, 1.165) is 29.0 Å². The second-order valence-electron chi connectivity index (χ2n) is 8.52. The van der Waals surface area contributed by atoms with Gasteiger partial charge in [-0.05, 0) is 86.8 Å². The van der Waals surface area contributed by atoms with Crippen molar-refractivity contribution >= 4 is 33.3 Å². The Morgan fingerprint density at radius 3 is 2.57 bits per heavy atom. The van der Waals surface area contributed by atoms with Crippen molar-refractivity contribution in [1.82, 2.24) is 15.0 Å². The zero-order chi connectivity index (χ0) is 26.7. The van der Waals surface area contributed by atoms with Crippen LogP contribution in [0.15, 0.2) is 64.6 Å². The van der Waals surface area contributed by atoms with E-state index in [4.69, 9.17) is 8.92 Å². The Kier molecular flexibility index (Phi) is 7.30. The van der Waals surface area contributed by atoms with Crippen LogP contribution in [-0.4, -0.2) is 37.2 Å². The Bertz CT molecular complexity index is 1620. The molecule has 1 N–H and O–H groups in total. The number of aromatic nitrogens is 2. The Morgan fingerprint density at radius 2 is 1.84 bits per heavy atom. The second kappa shape index (κ2) is 10.4. The van der Waals surface area contributed by atoms with Gasteiger partial charge in [-0.1, -0.05) is 12.1 Å². The van der Waals surface area contributed by atoms with Crippen LogP contribution in [-0.2, 0) is 16.7 Å². The molecule has 0 radical (unpaired) electrons. The maximum absolute atomic E-state index is 12.9. The van der Waals surface area contributed by atoms with E-state index >= 15 is 0 Å². The molecule has 4 aromatic rings. The topological polar surface area (TPSA) is 112 Å². The van der Waals surface area contributed by atoms with Gasteiger partial charge >= 0.3 is 10.1 Å². The number of imidazole rings is 1. The molecule has 0 spiro atoms. The zero-order valence-electron chi connectivity index (χ0n) is 21.3. The molecule has 0 aliphatic heterocycles. The normalized spacial score (nSPS) is 11.7. The molecule has 1 heterocycles. The third kappa shape index (κ3) is 5.49. The summed E-state index contributed by atoms with van der Waals surface area (Å²) in [5.74, 6) is 0.751. The van der Waals surface area contributed by atoms with Crippen LogP contribution in [0.25, 0.3) is 11.0 Å². The van der Waals surface area contributed by atoms with Crippen molar-refractivity contribution in [3.8, 4) is 11.5 Å². The molecule has 0 atom stereocenters. The largest absolute Gasteiger partial charge is 0.493 e. The minimum atomic E-state index is -4.07. The van der Waals surface area contributed by atoms with Gasteiger partial charge in [0.05, 0.1) is 24.4 Å². The smallest absolute Gasteiger partial charge is 0.339 e. The lowest BCUT2D eigenvalue weighted by Crippen LogP contribution is -2.17. The second-order valence-corrected chi connectivity index (χ2v) is 10.0. The van der Waals surface area contributed by atoms with E-state index in [1.54, 1.807) is 43.3 Å². The van der Waals surface area contributed by atoms with Gasteiger partial charge < -0.3 is 13.5 Å². The summed E-state index contributed by atoms with van der Waals surface area (Å²) in [6.07, 6.45) is 1.43. The van der Waals surface area contributed by atoms with Crippen LogP contribution in [0.5, 0.6) is 11.5 Å². The quantitative estimate of drug-likeness (QED) is 0.208. The number of hydrogen-bond acceptors (Lipinski definition) is 7. The molecule has 1 amide bonds. The number of hydrazone groups is 1. The van der Waals surface area contributed by atoms with Gasteiger partial charge in [0.15, 0.2) is 11.5 Å². The minimum Gasteiger partial charge on any atom is -0.493 e. The highest BCUT2D eigenvalue weighted by Crippen LogP contribution is 2.31. The highest BCUT2D eigenvalue weighted by atomic mass is 32.2. The summed E-state index contributed by atoms with van der Waals surface area (Å²) < 4.78 is 38.5. The fourth-order valence-corrected chi connectivity index (χ4v) is 5.25. The lowest BCUT2D eigenvalue weighted by molar-refractivity contribution is 0.0955. The monoisotopic (exact) mass is 520 g/mol. The van der Waals surface area contributed by atoms with E-state index in [2.05, 4.69) is 20.1 Å². The minimum absolute atomic E-state index is 0.0414. The molecule has 1 aromatic heterocycles. The van der Waals surface area contributed by atoms with E-state index in [1.165, 1.54) is 19.4 Å². The van der Waals surface area contributed by atoms with Crippen molar-refractivity contribution in [2.45, 2.75) is 39.1 Å². The number of fused-ring (bicyclic) bond motifs is 1. The van der Waals surface area contributed by atoms with Crippen LogP contribution < -0.4 is 14.3 Å². The average molecular weight is 521 g/mol. The van der Waals surface area contributed by atoms with Gasteiger partial charge in [-0.25, -0.2) is 10.4 Å². The molecule has 0 aliphatic rings. The lowest BCUT2D eigenvalue weighted by Gasteiger charge is -2.13.